The van der Waals surface area contributed by atoms with Crippen molar-refractivity contribution < 1.29 is 0 Å². The minimum absolute atomic E-state index is 0.528. The third-order valence-electron chi connectivity index (χ3n) is 3.59. The molecule has 2 heteroatoms. The second kappa shape index (κ2) is 4.80. The quantitative estimate of drug-likeness (QED) is 0.798. The molecule has 1 aliphatic heterocycles. The molecule has 2 atom stereocenters. The molecule has 2 unspecified atom stereocenters. The number of aryl methyl sites for hydroxylation is 2. The third-order valence-corrected chi connectivity index (χ3v) is 4.80. The molecule has 0 bridgehead atoms. The average molecular weight is 235 g/mol. The summed E-state index contributed by atoms with van der Waals surface area (Å²) >= 11 is 2.08. The van der Waals surface area contributed by atoms with Gasteiger partial charge in [0.2, 0.25) is 0 Å². The Hall–Kier alpha value is -0.470. The SMILES string of the molecule is CNC1CC(C)SCc2c(C)ccc(C)c21. The molecule has 0 amide bonds. The van der Waals surface area contributed by atoms with Crippen molar-refractivity contribution >= 4 is 11.8 Å². The maximum absolute atomic E-state index is 3.49. The Morgan fingerprint density at radius 3 is 2.62 bits per heavy atom. The summed E-state index contributed by atoms with van der Waals surface area (Å²) in [5.74, 6) is 1.17. The Bertz CT molecular complexity index is 387. The Labute approximate surface area is 103 Å². The number of benzene rings is 1. The van der Waals surface area contributed by atoms with E-state index in [1.54, 1.807) is 11.1 Å². The van der Waals surface area contributed by atoms with E-state index < -0.39 is 0 Å². The summed E-state index contributed by atoms with van der Waals surface area (Å²) in [7, 11) is 2.08. The van der Waals surface area contributed by atoms with Crippen LogP contribution in [0.1, 0.15) is 41.6 Å². The topological polar surface area (TPSA) is 12.0 Å². The molecule has 1 aliphatic rings. The minimum Gasteiger partial charge on any atom is -0.313 e. The molecule has 0 saturated heterocycles. The van der Waals surface area contributed by atoms with Crippen LogP contribution in [0.4, 0.5) is 0 Å². The average Bonchev–Trinajstić information content (AvgIpc) is 2.44. The summed E-state index contributed by atoms with van der Waals surface area (Å²) in [6, 6.07) is 5.05. The number of hydrogen-bond donors (Lipinski definition) is 1. The lowest BCUT2D eigenvalue weighted by Gasteiger charge is -2.21. The van der Waals surface area contributed by atoms with Crippen LogP contribution in [-0.2, 0) is 5.75 Å². The first kappa shape index (κ1) is 12.0. The van der Waals surface area contributed by atoms with E-state index >= 15 is 0 Å². The number of hydrogen-bond acceptors (Lipinski definition) is 2. The largest absolute Gasteiger partial charge is 0.313 e. The third kappa shape index (κ3) is 2.14. The van der Waals surface area contributed by atoms with Gasteiger partial charge in [-0.15, -0.1) is 0 Å². The fourth-order valence-corrected chi connectivity index (χ4v) is 3.74. The summed E-state index contributed by atoms with van der Waals surface area (Å²) < 4.78 is 0. The number of thioether (sulfide) groups is 1. The Morgan fingerprint density at radius 2 is 1.94 bits per heavy atom. The first-order chi connectivity index (χ1) is 7.63. The number of nitrogens with one attached hydrogen (secondary N) is 1. The van der Waals surface area contributed by atoms with Crippen molar-refractivity contribution in [3.63, 3.8) is 0 Å². The van der Waals surface area contributed by atoms with Crippen LogP contribution < -0.4 is 5.32 Å². The lowest BCUT2D eigenvalue weighted by molar-refractivity contribution is 0.546. The molecule has 0 radical (unpaired) electrons. The fraction of sp³-hybridized carbons (Fsp3) is 0.571. The van der Waals surface area contributed by atoms with Crippen molar-refractivity contribution in [1.29, 1.82) is 0 Å². The zero-order chi connectivity index (χ0) is 11.7. The number of rotatable bonds is 1. The van der Waals surface area contributed by atoms with Crippen molar-refractivity contribution in [2.24, 2.45) is 0 Å². The van der Waals surface area contributed by atoms with E-state index in [0.29, 0.717) is 6.04 Å². The predicted molar refractivity (Wildman–Crippen MR) is 73.1 cm³/mol. The van der Waals surface area contributed by atoms with E-state index in [1.165, 1.54) is 23.3 Å². The fourth-order valence-electron chi connectivity index (χ4n) is 2.57. The maximum Gasteiger partial charge on any atom is 0.0333 e. The molecular formula is C14H21NS. The predicted octanol–water partition coefficient (Wildman–Crippen LogP) is 3.59. The molecule has 16 heavy (non-hydrogen) atoms. The molecule has 0 spiro atoms. The van der Waals surface area contributed by atoms with Crippen molar-refractivity contribution in [2.75, 3.05) is 7.05 Å². The molecular weight excluding hydrogens is 214 g/mol. The van der Waals surface area contributed by atoms with Gasteiger partial charge in [0.15, 0.2) is 0 Å². The first-order valence-corrected chi connectivity index (χ1v) is 7.06. The van der Waals surface area contributed by atoms with Crippen LogP contribution in [0.5, 0.6) is 0 Å². The minimum atomic E-state index is 0.528. The molecule has 0 aliphatic carbocycles. The maximum atomic E-state index is 3.49. The van der Waals surface area contributed by atoms with Crippen LogP contribution >= 0.6 is 11.8 Å². The van der Waals surface area contributed by atoms with E-state index in [2.05, 4.69) is 57.0 Å². The summed E-state index contributed by atoms with van der Waals surface area (Å²) in [6.45, 7) is 6.82. The van der Waals surface area contributed by atoms with Gasteiger partial charge < -0.3 is 5.32 Å². The Kier molecular flexibility index (Phi) is 3.60. The van der Waals surface area contributed by atoms with Crippen molar-refractivity contribution in [2.45, 2.75) is 44.2 Å². The van der Waals surface area contributed by atoms with E-state index in [0.717, 1.165) is 5.25 Å². The van der Waals surface area contributed by atoms with Crippen LogP contribution in [-0.4, -0.2) is 12.3 Å². The zero-order valence-corrected chi connectivity index (χ0v) is 11.4. The molecule has 1 N–H and O–H groups in total. The molecule has 1 nitrogen and oxygen atoms in total. The number of fused-ring (bicyclic) bond motifs is 1. The summed E-state index contributed by atoms with van der Waals surface area (Å²) in [4.78, 5) is 0. The molecule has 0 aromatic heterocycles. The molecule has 1 aromatic rings. The van der Waals surface area contributed by atoms with E-state index in [-0.39, 0.29) is 0 Å². The van der Waals surface area contributed by atoms with Crippen LogP contribution in [0.25, 0.3) is 0 Å². The highest BCUT2D eigenvalue weighted by atomic mass is 32.2. The van der Waals surface area contributed by atoms with Crippen LogP contribution in [0.15, 0.2) is 12.1 Å². The van der Waals surface area contributed by atoms with Gasteiger partial charge in [-0.25, -0.2) is 0 Å². The van der Waals surface area contributed by atoms with E-state index in [4.69, 9.17) is 0 Å². The van der Waals surface area contributed by atoms with Gasteiger partial charge in [-0.1, -0.05) is 19.1 Å². The van der Waals surface area contributed by atoms with Gasteiger partial charge in [-0.2, -0.15) is 11.8 Å². The highest BCUT2D eigenvalue weighted by Gasteiger charge is 2.23. The Balaban J connectivity index is 2.52. The monoisotopic (exact) mass is 235 g/mol. The summed E-state index contributed by atoms with van der Waals surface area (Å²) in [6.07, 6.45) is 1.23. The van der Waals surface area contributed by atoms with Gasteiger partial charge in [-0.05, 0) is 49.6 Å². The van der Waals surface area contributed by atoms with Crippen LogP contribution in [0, 0.1) is 13.8 Å². The molecule has 1 aromatic carbocycles. The van der Waals surface area contributed by atoms with Crippen LogP contribution in [0.3, 0.4) is 0 Å². The molecule has 1 heterocycles. The molecule has 0 fully saturated rings. The second-order valence-electron chi connectivity index (χ2n) is 4.79. The Morgan fingerprint density at radius 1 is 1.25 bits per heavy atom. The summed E-state index contributed by atoms with van der Waals surface area (Å²) in [5, 5.41) is 4.22. The smallest absolute Gasteiger partial charge is 0.0333 e. The summed E-state index contributed by atoms with van der Waals surface area (Å²) in [5.41, 5.74) is 6.00. The van der Waals surface area contributed by atoms with Gasteiger partial charge in [0.25, 0.3) is 0 Å². The first-order valence-electron chi connectivity index (χ1n) is 6.01. The molecule has 88 valence electrons. The second-order valence-corrected chi connectivity index (χ2v) is 6.22. The van der Waals surface area contributed by atoms with Gasteiger partial charge >= 0.3 is 0 Å². The van der Waals surface area contributed by atoms with Crippen molar-refractivity contribution in [1.82, 2.24) is 5.32 Å². The van der Waals surface area contributed by atoms with Gasteiger partial charge in [0.05, 0.1) is 0 Å². The van der Waals surface area contributed by atoms with Gasteiger partial charge in [0.1, 0.15) is 0 Å². The van der Waals surface area contributed by atoms with E-state index in [1.807, 2.05) is 0 Å². The standard InChI is InChI=1S/C14H21NS/c1-9-5-6-10(2)14-12(9)8-16-11(3)7-13(14)15-4/h5-6,11,13,15H,7-8H2,1-4H3. The van der Waals surface area contributed by atoms with Gasteiger partial charge in [-0.3, -0.25) is 0 Å². The van der Waals surface area contributed by atoms with Crippen molar-refractivity contribution in [3.05, 3.63) is 34.4 Å². The van der Waals surface area contributed by atoms with Gasteiger partial charge in [0, 0.05) is 17.0 Å². The zero-order valence-electron chi connectivity index (χ0n) is 10.6. The van der Waals surface area contributed by atoms with Crippen molar-refractivity contribution in [3.8, 4) is 0 Å². The highest BCUT2D eigenvalue weighted by molar-refractivity contribution is 7.99. The van der Waals surface area contributed by atoms with Crippen LogP contribution in [0.2, 0.25) is 0 Å². The lowest BCUT2D eigenvalue weighted by atomic mass is 9.91. The molecule has 0 saturated carbocycles. The lowest BCUT2D eigenvalue weighted by Crippen LogP contribution is -2.20. The molecule has 2 rings (SSSR count). The van der Waals surface area contributed by atoms with E-state index in [9.17, 15) is 0 Å². The normalized spacial score (nSPS) is 25.0. The highest BCUT2D eigenvalue weighted by Crippen LogP contribution is 2.37.